The van der Waals surface area contributed by atoms with Gasteiger partial charge in [-0.05, 0) is 41.1 Å². The molecule has 0 fully saturated rings. The molecular weight excluding hydrogens is 283 g/mol. The van der Waals surface area contributed by atoms with Crippen molar-refractivity contribution in [3.8, 4) is 0 Å². The predicted molar refractivity (Wildman–Crippen MR) is 60.1 cm³/mol. The van der Waals surface area contributed by atoms with E-state index in [0.29, 0.717) is 9.50 Å². The third-order valence-corrected chi connectivity index (χ3v) is 2.53. The van der Waals surface area contributed by atoms with E-state index in [1.54, 1.807) is 19.1 Å². The van der Waals surface area contributed by atoms with Crippen LogP contribution in [0.3, 0.4) is 0 Å². The molecule has 0 amide bonds. The molecule has 0 aliphatic carbocycles. The molecule has 0 aromatic heterocycles. The minimum Gasteiger partial charge on any atom is -0.460 e. The molecule has 3 nitrogen and oxygen atoms in total. The van der Waals surface area contributed by atoms with Crippen LogP contribution in [-0.4, -0.2) is 18.4 Å². The highest BCUT2D eigenvalue weighted by Crippen LogP contribution is 2.22. The Morgan fingerprint density at radius 3 is 2.67 bits per heavy atom. The summed E-state index contributed by atoms with van der Waals surface area (Å²) in [7, 11) is 0. The second-order valence-corrected chi connectivity index (χ2v) is 3.96. The van der Waals surface area contributed by atoms with Gasteiger partial charge in [0, 0.05) is 15.1 Å². The summed E-state index contributed by atoms with van der Waals surface area (Å²) in [6.07, 6.45) is 0. The summed E-state index contributed by atoms with van der Waals surface area (Å²) in [5.41, 5.74) is 0.248. The topological polar surface area (TPSA) is 43.4 Å². The minimum absolute atomic E-state index is 0.176. The van der Waals surface area contributed by atoms with Crippen molar-refractivity contribution in [2.75, 3.05) is 6.61 Å². The summed E-state index contributed by atoms with van der Waals surface area (Å²) in [6, 6.07) is 4.57. The van der Waals surface area contributed by atoms with Crippen molar-refractivity contribution in [2.45, 2.75) is 6.92 Å². The van der Waals surface area contributed by atoms with E-state index in [9.17, 15) is 9.59 Å². The number of hydrogen-bond acceptors (Lipinski definition) is 3. The van der Waals surface area contributed by atoms with Gasteiger partial charge in [0.25, 0.3) is 5.78 Å². The Labute approximate surface area is 100 Å². The summed E-state index contributed by atoms with van der Waals surface area (Å²) in [5.74, 6) is -1.54. The van der Waals surface area contributed by atoms with Crippen molar-refractivity contribution in [3.05, 3.63) is 33.3 Å². The fourth-order valence-corrected chi connectivity index (χ4v) is 1.84. The van der Waals surface area contributed by atoms with E-state index in [0.717, 1.165) is 0 Å². The SMILES string of the molecule is CCOC(=O)C(=O)c1ccc(Cl)cc1Br. The lowest BCUT2D eigenvalue weighted by molar-refractivity contribution is -0.137. The maximum atomic E-state index is 11.5. The highest BCUT2D eigenvalue weighted by Gasteiger charge is 2.19. The molecule has 0 radical (unpaired) electrons. The number of Topliss-reactive ketones (excluding diaryl/α,β-unsaturated/α-hetero) is 1. The molecule has 0 unspecified atom stereocenters. The van der Waals surface area contributed by atoms with Crippen molar-refractivity contribution >= 4 is 39.3 Å². The lowest BCUT2D eigenvalue weighted by Crippen LogP contribution is -2.17. The van der Waals surface area contributed by atoms with Gasteiger partial charge in [-0.15, -0.1) is 0 Å². The van der Waals surface area contributed by atoms with Crippen LogP contribution in [0.4, 0.5) is 0 Å². The first-order valence-electron chi connectivity index (χ1n) is 4.22. The molecule has 0 bridgehead atoms. The summed E-state index contributed by atoms with van der Waals surface area (Å²) >= 11 is 8.86. The average Bonchev–Trinajstić information content (AvgIpc) is 2.17. The lowest BCUT2D eigenvalue weighted by atomic mass is 10.1. The van der Waals surface area contributed by atoms with Crippen LogP contribution in [-0.2, 0) is 9.53 Å². The molecule has 1 aromatic rings. The van der Waals surface area contributed by atoms with E-state index < -0.39 is 11.8 Å². The van der Waals surface area contributed by atoms with Crippen LogP contribution in [0.2, 0.25) is 5.02 Å². The van der Waals surface area contributed by atoms with Gasteiger partial charge < -0.3 is 4.74 Å². The van der Waals surface area contributed by atoms with Gasteiger partial charge in [0.1, 0.15) is 0 Å². The van der Waals surface area contributed by atoms with Gasteiger partial charge >= 0.3 is 5.97 Å². The molecule has 0 aliphatic heterocycles. The van der Waals surface area contributed by atoms with E-state index in [-0.39, 0.29) is 12.2 Å². The maximum Gasteiger partial charge on any atom is 0.379 e. The Hall–Kier alpha value is -0.870. The van der Waals surface area contributed by atoms with Gasteiger partial charge in [0.05, 0.1) is 6.61 Å². The quantitative estimate of drug-likeness (QED) is 0.488. The number of carbonyl (C=O) groups is 2. The van der Waals surface area contributed by atoms with Crippen LogP contribution < -0.4 is 0 Å². The molecule has 0 saturated heterocycles. The number of ketones is 1. The Balaban J connectivity index is 2.96. The van der Waals surface area contributed by atoms with E-state index in [4.69, 9.17) is 11.6 Å². The van der Waals surface area contributed by atoms with Crippen LogP contribution in [0.5, 0.6) is 0 Å². The smallest absolute Gasteiger partial charge is 0.379 e. The largest absolute Gasteiger partial charge is 0.460 e. The molecule has 0 atom stereocenters. The number of benzene rings is 1. The maximum absolute atomic E-state index is 11.5. The second-order valence-electron chi connectivity index (χ2n) is 2.67. The number of carbonyl (C=O) groups excluding carboxylic acids is 2. The van der Waals surface area contributed by atoms with E-state index in [1.807, 2.05) is 0 Å². The van der Waals surface area contributed by atoms with Crippen molar-refractivity contribution in [3.63, 3.8) is 0 Å². The Bertz CT molecular complexity index is 404. The molecule has 0 heterocycles. The summed E-state index contributed by atoms with van der Waals surface area (Å²) in [5, 5.41) is 0.488. The van der Waals surface area contributed by atoms with Gasteiger partial charge in [0.15, 0.2) is 0 Å². The zero-order valence-corrected chi connectivity index (χ0v) is 10.3. The number of hydrogen-bond donors (Lipinski definition) is 0. The highest BCUT2D eigenvalue weighted by molar-refractivity contribution is 9.10. The Morgan fingerprint density at radius 2 is 2.13 bits per heavy atom. The lowest BCUT2D eigenvalue weighted by Gasteiger charge is -2.03. The molecule has 0 aliphatic rings. The van der Waals surface area contributed by atoms with Crippen molar-refractivity contribution in [2.24, 2.45) is 0 Å². The number of esters is 1. The Kier molecular flexibility index (Phi) is 4.29. The van der Waals surface area contributed by atoms with Crippen LogP contribution >= 0.6 is 27.5 Å². The monoisotopic (exact) mass is 290 g/mol. The average molecular weight is 292 g/mol. The summed E-state index contributed by atoms with van der Waals surface area (Å²) in [4.78, 5) is 22.7. The molecule has 5 heteroatoms. The van der Waals surface area contributed by atoms with Crippen molar-refractivity contribution in [1.29, 1.82) is 0 Å². The van der Waals surface area contributed by atoms with Gasteiger partial charge in [-0.3, -0.25) is 4.79 Å². The minimum atomic E-state index is -0.861. The molecule has 0 spiro atoms. The van der Waals surface area contributed by atoms with Crippen LogP contribution in [0.1, 0.15) is 17.3 Å². The molecule has 1 aromatic carbocycles. The third-order valence-electron chi connectivity index (χ3n) is 1.64. The van der Waals surface area contributed by atoms with E-state index in [2.05, 4.69) is 20.7 Å². The van der Waals surface area contributed by atoms with Crippen LogP contribution in [0, 0.1) is 0 Å². The zero-order valence-electron chi connectivity index (χ0n) is 7.92. The second kappa shape index (κ2) is 5.28. The number of rotatable bonds is 3. The van der Waals surface area contributed by atoms with Gasteiger partial charge in [0.2, 0.25) is 0 Å². The number of halogens is 2. The molecular formula is C10H8BrClO3. The first kappa shape index (κ1) is 12.2. The molecule has 80 valence electrons. The normalized spacial score (nSPS) is 9.80. The predicted octanol–water partition coefficient (Wildman–Crippen LogP) is 2.85. The summed E-state index contributed by atoms with van der Waals surface area (Å²) in [6.45, 7) is 1.82. The summed E-state index contributed by atoms with van der Waals surface area (Å²) < 4.78 is 5.08. The standard InChI is InChI=1S/C10H8BrClO3/c1-2-15-10(14)9(13)7-4-3-6(12)5-8(7)11/h3-5H,2H2,1H3. The van der Waals surface area contributed by atoms with E-state index in [1.165, 1.54) is 6.07 Å². The van der Waals surface area contributed by atoms with Gasteiger partial charge in [-0.1, -0.05) is 11.6 Å². The molecule has 1 rings (SSSR count). The van der Waals surface area contributed by atoms with Crippen LogP contribution in [0.25, 0.3) is 0 Å². The first-order chi connectivity index (χ1) is 7.06. The highest BCUT2D eigenvalue weighted by atomic mass is 79.9. The fourth-order valence-electron chi connectivity index (χ4n) is 0.980. The fraction of sp³-hybridized carbons (Fsp3) is 0.200. The first-order valence-corrected chi connectivity index (χ1v) is 5.40. The molecule has 0 N–H and O–H groups in total. The van der Waals surface area contributed by atoms with E-state index >= 15 is 0 Å². The number of ether oxygens (including phenoxy) is 1. The zero-order chi connectivity index (χ0) is 11.4. The third kappa shape index (κ3) is 3.04. The van der Waals surface area contributed by atoms with Gasteiger partial charge in [-0.25, -0.2) is 4.79 Å². The Morgan fingerprint density at radius 1 is 1.47 bits per heavy atom. The van der Waals surface area contributed by atoms with Crippen molar-refractivity contribution in [1.82, 2.24) is 0 Å². The van der Waals surface area contributed by atoms with Crippen molar-refractivity contribution < 1.29 is 14.3 Å². The van der Waals surface area contributed by atoms with Gasteiger partial charge in [-0.2, -0.15) is 0 Å². The molecule has 0 saturated carbocycles. The molecule has 15 heavy (non-hydrogen) atoms. The van der Waals surface area contributed by atoms with Crippen LogP contribution in [0.15, 0.2) is 22.7 Å².